The predicted octanol–water partition coefficient (Wildman–Crippen LogP) is 2.15. The van der Waals surface area contributed by atoms with Crippen molar-refractivity contribution in [3.8, 4) is 0 Å². The first-order valence-electron chi connectivity index (χ1n) is 6.47. The van der Waals surface area contributed by atoms with E-state index < -0.39 is 16.0 Å². The number of hydrogen-bond acceptors (Lipinski definition) is 5. The number of azide groups is 1. The van der Waals surface area contributed by atoms with Crippen LogP contribution in [-0.2, 0) is 16.0 Å². The molecule has 1 N–H and O–H groups in total. The van der Waals surface area contributed by atoms with E-state index in [1.807, 2.05) is 0 Å². The molecule has 0 radical (unpaired) electrons. The number of hydrogen-bond donors (Lipinski definition) is 1. The van der Waals surface area contributed by atoms with Gasteiger partial charge in [0.2, 0.25) is 0 Å². The summed E-state index contributed by atoms with van der Waals surface area (Å²) in [5.41, 5.74) is 10.8. The van der Waals surface area contributed by atoms with Crippen LogP contribution < -0.4 is 10.2 Å². The third-order valence-electron chi connectivity index (χ3n) is 3.36. The lowest BCUT2D eigenvalue weighted by Gasteiger charge is -2.31. The summed E-state index contributed by atoms with van der Waals surface area (Å²) in [6.07, 6.45) is 0. The lowest BCUT2D eigenvalue weighted by molar-refractivity contribution is 0.551. The second-order valence-electron chi connectivity index (χ2n) is 4.87. The summed E-state index contributed by atoms with van der Waals surface area (Å²) in [6, 6.07) is 3.06. The fraction of sp³-hybridized carbons (Fsp3) is 0.500. The molecular weight excluding hydrogens is 297 g/mol. The van der Waals surface area contributed by atoms with Crippen LogP contribution in [0.25, 0.3) is 10.4 Å². The van der Waals surface area contributed by atoms with E-state index >= 15 is 0 Å². The number of nitrogens with zero attached hydrogens (tertiary/aromatic N) is 4. The maximum Gasteiger partial charge on any atom is 0.306 e. The van der Waals surface area contributed by atoms with Crippen LogP contribution in [0, 0.1) is 6.92 Å². The second-order valence-corrected chi connectivity index (χ2v) is 6.24. The van der Waals surface area contributed by atoms with Crippen molar-refractivity contribution in [1.29, 1.82) is 0 Å². The van der Waals surface area contributed by atoms with E-state index in [1.54, 1.807) is 13.0 Å². The molecule has 0 aromatic heterocycles. The van der Waals surface area contributed by atoms with Gasteiger partial charge in [0.05, 0.1) is 0 Å². The van der Waals surface area contributed by atoms with Crippen molar-refractivity contribution in [3.63, 3.8) is 0 Å². The molecule has 2 rings (SSSR count). The van der Waals surface area contributed by atoms with E-state index in [0.717, 1.165) is 37.4 Å². The first kappa shape index (κ1) is 15.6. The van der Waals surface area contributed by atoms with Crippen molar-refractivity contribution in [2.75, 3.05) is 31.1 Å². The monoisotopic (exact) mass is 313 g/mol. The quantitative estimate of drug-likeness (QED) is 0.398. The predicted molar refractivity (Wildman–Crippen MR) is 78.8 cm³/mol. The zero-order chi connectivity index (χ0) is 15.5. The molecule has 0 unspecified atom stereocenters. The number of rotatable bonds is 4. The van der Waals surface area contributed by atoms with E-state index in [4.69, 9.17) is 5.53 Å². The van der Waals surface area contributed by atoms with Gasteiger partial charge in [-0.05, 0) is 35.7 Å². The Balaban J connectivity index is 2.48. The summed E-state index contributed by atoms with van der Waals surface area (Å²) in [7, 11) is -4.63. The van der Waals surface area contributed by atoms with Gasteiger partial charge in [0.1, 0.15) is 5.75 Å². The highest BCUT2D eigenvalue weighted by Crippen LogP contribution is 2.32. The summed E-state index contributed by atoms with van der Waals surface area (Å²) < 4.78 is 34.6. The maximum atomic E-state index is 12.9. The highest BCUT2D eigenvalue weighted by Gasteiger charge is 2.18. The summed E-state index contributed by atoms with van der Waals surface area (Å²) in [5.74, 6) is -0.722. The Labute approximate surface area is 122 Å². The molecule has 1 aliphatic rings. The van der Waals surface area contributed by atoms with E-state index in [9.17, 15) is 12.3 Å². The molecule has 0 saturated carbocycles. The van der Waals surface area contributed by atoms with Gasteiger partial charge in [0.25, 0.3) is 0 Å². The lowest BCUT2D eigenvalue weighted by Crippen LogP contribution is -2.43. The highest BCUT2D eigenvalue weighted by atomic mass is 32.3. The zero-order valence-corrected chi connectivity index (χ0v) is 12.4. The Morgan fingerprint density at radius 3 is 2.67 bits per heavy atom. The molecule has 1 aromatic rings. The van der Waals surface area contributed by atoms with E-state index in [2.05, 4.69) is 20.2 Å². The van der Waals surface area contributed by atoms with Crippen LogP contribution in [0.15, 0.2) is 17.2 Å². The molecule has 1 saturated heterocycles. The average molecular weight is 313 g/mol. The maximum absolute atomic E-state index is 12.9. The van der Waals surface area contributed by atoms with Crippen LogP contribution >= 0.6 is 0 Å². The van der Waals surface area contributed by atoms with Gasteiger partial charge in [0, 0.05) is 42.5 Å². The lowest BCUT2D eigenvalue weighted by atomic mass is 10.1. The van der Waals surface area contributed by atoms with E-state index in [1.165, 1.54) is 6.07 Å². The number of benzene rings is 1. The van der Waals surface area contributed by atoms with Crippen molar-refractivity contribution in [2.24, 2.45) is 5.11 Å². The first-order valence-corrected chi connectivity index (χ1v) is 8.02. The van der Waals surface area contributed by atoms with Gasteiger partial charge in [-0.3, -0.25) is 0 Å². The molecule has 0 aliphatic carbocycles. The number of piperazine rings is 1. The number of halogens is 1. The molecule has 0 amide bonds. The summed E-state index contributed by atoms with van der Waals surface area (Å²) >= 11 is 0. The minimum Gasteiger partial charge on any atom is -0.369 e. The second kappa shape index (κ2) is 6.30. The first-order chi connectivity index (χ1) is 9.90. The largest absolute Gasteiger partial charge is 0.369 e. The molecular formula is C12H16FN5O2S. The van der Waals surface area contributed by atoms with Gasteiger partial charge < -0.3 is 10.2 Å². The van der Waals surface area contributed by atoms with Crippen molar-refractivity contribution in [1.82, 2.24) is 5.32 Å². The van der Waals surface area contributed by atoms with Gasteiger partial charge >= 0.3 is 10.2 Å². The third-order valence-corrected chi connectivity index (χ3v) is 4.04. The molecule has 1 heterocycles. The molecule has 1 aromatic carbocycles. The van der Waals surface area contributed by atoms with Crippen LogP contribution in [0.1, 0.15) is 11.1 Å². The van der Waals surface area contributed by atoms with Gasteiger partial charge in [-0.1, -0.05) is 5.11 Å². The van der Waals surface area contributed by atoms with Crippen molar-refractivity contribution >= 4 is 21.6 Å². The summed E-state index contributed by atoms with van der Waals surface area (Å²) in [5, 5.41) is 6.79. The molecule has 0 atom stereocenters. The van der Waals surface area contributed by atoms with Gasteiger partial charge in [-0.25, -0.2) is 0 Å². The van der Waals surface area contributed by atoms with Gasteiger partial charge in [-0.15, -0.1) is 3.89 Å². The molecule has 9 heteroatoms. The normalized spacial score (nSPS) is 15.6. The van der Waals surface area contributed by atoms with Gasteiger partial charge in [0.15, 0.2) is 0 Å². The molecule has 114 valence electrons. The van der Waals surface area contributed by atoms with Crippen molar-refractivity contribution in [2.45, 2.75) is 12.7 Å². The van der Waals surface area contributed by atoms with E-state index in [-0.39, 0.29) is 5.56 Å². The van der Waals surface area contributed by atoms with Crippen LogP contribution in [0.4, 0.5) is 15.3 Å². The minimum absolute atomic E-state index is 0.277. The molecule has 7 nitrogen and oxygen atoms in total. The number of nitrogens with one attached hydrogen (secondary N) is 1. The van der Waals surface area contributed by atoms with Crippen LogP contribution in [0.5, 0.6) is 0 Å². The molecule has 21 heavy (non-hydrogen) atoms. The summed E-state index contributed by atoms with van der Waals surface area (Å²) in [4.78, 5) is 4.81. The van der Waals surface area contributed by atoms with Crippen molar-refractivity contribution < 1.29 is 12.3 Å². The minimum atomic E-state index is -4.63. The SMILES string of the molecule is Cc1c(N=[N+]=[N-])cc(CS(=O)(=O)F)cc1N1CCNCC1. The summed E-state index contributed by atoms with van der Waals surface area (Å²) in [6.45, 7) is 4.92. The highest BCUT2D eigenvalue weighted by molar-refractivity contribution is 7.85. The Morgan fingerprint density at radius 2 is 2.10 bits per heavy atom. The molecule has 0 bridgehead atoms. The Kier molecular flexibility index (Phi) is 4.66. The Bertz CT molecular complexity index is 679. The standard InChI is InChI=1S/C12H16FN5O2S/c1-9-11(16-17-14)6-10(8-21(13,19)20)7-12(9)18-4-2-15-3-5-18/h6-7,15H,2-5,8H2,1H3. The van der Waals surface area contributed by atoms with E-state index in [0.29, 0.717) is 5.69 Å². The van der Waals surface area contributed by atoms with Crippen LogP contribution in [0.3, 0.4) is 0 Å². The Morgan fingerprint density at radius 1 is 1.43 bits per heavy atom. The van der Waals surface area contributed by atoms with Gasteiger partial charge in [-0.2, -0.15) is 8.42 Å². The molecule has 1 aliphatic heterocycles. The molecule has 0 spiro atoms. The number of anilines is 1. The average Bonchev–Trinajstić information content (AvgIpc) is 2.42. The zero-order valence-electron chi connectivity index (χ0n) is 11.6. The van der Waals surface area contributed by atoms with Crippen molar-refractivity contribution in [3.05, 3.63) is 33.7 Å². The Hall–Kier alpha value is -1.83. The van der Waals surface area contributed by atoms with Crippen LogP contribution in [-0.4, -0.2) is 34.6 Å². The third kappa shape index (κ3) is 4.07. The smallest absolute Gasteiger partial charge is 0.306 e. The topological polar surface area (TPSA) is 98.2 Å². The fourth-order valence-corrected chi connectivity index (χ4v) is 2.97. The fourth-order valence-electron chi connectivity index (χ4n) is 2.41. The molecule has 1 fully saturated rings. The van der Waals surface area contributed by atoms with Crippen LogP contribution in [0.2, 0.25) is 0 Å².